The molecular weight excluding hydrogens is 264 g/mol. The van der Waals surface area contributed by atoms with Gasteiger partial charge in [-0.25, -0.2) is 0 Å². The third-order valence-corrected chi connectivity index (χ3v) is 3.14. The van der Waals surface area contributed by atoms with Gasteiger partial charge in [-0.15, -0.1) is 0 Å². The van der Waals surface area contributed by atoms with Gasteiger partial charge in [-0.2, -0.15) is 0 Å². The van der Waals surface area contributed by atoms with Gasteiger partial charge in [0.2, 0.25) is 0 Å². The molecule has 0 heterocycles. The van der Waals surface area contributed by atoms with E-state index in [2.05, 4.69) is 17.6 Å². The van der Waals surface area contributed by atoms with Crippen molar-refractivity contribution in [1.29, 1.82) is 0 Å². The number of anilines is 1. The highest BCUT2D eigenvalue weighted by molar-refractivity contribution is 6.04. The topological polar surface area (TPSA) is 50.4 Å². The summed E-state index contributed by atoms with van der Waals surface area (Å²) in [6.07, 6.45) is 0. The van der Waals surface area contributed by atoms with Crippen molar-refractivity contribution >= 4 is 11.6 Å². The lowest BCUT2D eigenvalue weighted by atomic mass is 10.1. The molecule has 0 aliphatic rings. The van der Waals surface area contributed by atoms with Crippen LogP contribution in [-0.4, -0.2) is 19.6 Å². The molecular formula is C17H20N2O2. The first kappa shape index (κ1) is 15.1. The van der Waals surface area contributed by atoms with E-state index in [1.54, 1.807) is 31.4 Å². The number of nitrogens with one attached hydrogen (secondary N) is 2. The number of amides is 1. The van der Waals surface area contributed by atoms with E-state index >= 15 is 0 Å². The number of rotatable bonds is 6. The Labute approximate surface area is 125 Å². The zero-order valence-corrected chi connectivity index (χ0v) is 12.3. The summed E-state index contributed by atoms with van der Waals surface area (Å²) >= 11 is 0. The Hall–Kier alpha value is -2.33. The molecule has 4 nitrogen and oxygen atoms in total. The van der Waals surface area contributed by atoms with Crippen LogP contribution in [0.3, 0.4) is 0 Å². The van der Waals surface area contributed by atoms with Crippen molar-refractivity contribution < 1.29 is 9.53 Å². The molecule has 2 rings (SSSR count). The molecule has 0 atom stereocenters. The van der Waals surface area contributed by atoms with E-state index in [0.717, 1.165) is 24.5 Å². The predicted octanol–water partition coefficient (Wildman–Crippen LogP) is 3.06. The quantitative estimate of drug-likeness (QED) is 0.857. The first-order valence-corrected chi connectivity index (χ1v) is 6.98. The van der Waals surface area contributed by atoms with Crippen LogP contribution in [0.25, 0.3) is 0 Å². The molecule has 0 aromatic heterocycles. The van der Waals surface area contributed by atoms with Gasteiger partial charge in [-0.3, -0.25) is 4.79 Å². The normalized spacial score (nSPS) is 10.2. The van der Waals surface area contributed by atoms with Crippen LogP contribution in [0.15, 0.2) is 48.5 Å². The third-order valence-electron chi connectivity index (χ3n) is 3.14. The highest BCUT2D eigenvalue weighted by atomic mass is 16.5. The average molecular weight is 284 g/mol. The number of ether oxygens (including phenoxy) is 1. The van der Waals surface area contributed by atoms with Crippen molar-refractivity contribution in [1.82, 2.24) is 5.32 Å². The molecule has 0 saturated carbocycles. The van der Waals surface area contributed by atoms with Crippen LogP contribution in [-0.2, 0) is 6.54 Å². The molecule has 0 unspecified atom stereocenters. The average Bonchev–Trinajstić information content (AvgIpc) is 2.54. The van der Waals surface area contributed by atoms with Gasteiger partial charge < -0.3 is 15.4 Å². The van der Waals surface area contributed by atoms with Gasteiger partial charge in [0.15, 0.2) is 0 Å². The first-order chi connectivity index (χ1) is 10.2. The van der Waals surface area contributed by atoms with Gasteiger partial charge in [0.05, 0.1) is 7.11 Å². The molecule has 2 aromatic carbocycles. The minimum atomic E-state index is -0.128. The number of hydrogen-bond donors (Lipinski definition) is 2. The van der Waals surface area contributed by atoms with Crippen LogP contribution in [0.4, 0.5) is 5.69 Å². The summed E-state index contributed by atoms with van der Waals surface area (Å²) in [5.74, 6) is 0.608. The van der Waals surface area contributed by atoms with Gasteiger partial charge in [0.1, 0.15) is 5.75 Å². The Bertz CT molecular complexity index is 577. The highest BCUT2D eigenvalue weighted by Crippen LogP contribution is 2.14. The molecule has 1 amide bonds. The van der Waals surface area contributed by atoms with Crippen LogP contribution in [0.5, 0.6) is 5.75 Å². The number of carbonyl (C=O) groups is 1. The molecule has 2 N–H and O–H groups in total. The summed E-state index contributed by atoms with van der Waals surface area (Å²) < 4.78 is 5.07. The second kappa shape index (κ2) is 7.45. The van der Waals surface area contributed by atoms with Crippen LogP contribution >= 0.6 is 0 Å². The second-order valence-corrected chi connectivity index (χ2v) is 4.66. The zero-order chi connectivity index (χ0) is 15.1. The van der Waals surface area contributed by atoms with Gasteiger partial charge in [0, 0.05) is 17.8 Å². The Kier molecular flexibility index (Phi) is 5.35. The summed E-state index contributed by atoms with van der Waals surface area (Å²) in [6, 6.07) is 14.9. The number of carbonyl (C=O) groups excluding carboxylic acids is 1. The monoisotopic (exact) mass is 284 g/mol. The number of methoxy groups -OCH3 is 1. The minimum absolute atomic E-state index is 0.128. The lowest BCUT2D eigenvalue weighted by Gasteiger charge is -2.07. The second-order valence-electron chi connectivity index (χ2n) is 4.66. The van der Waals surface area contributed by atoms with Crippen LogP contribution < -0.4 is 15.4 Å². The molecule has 0 radical (unpaired) electrons. The minimum Gasteiger partial charge on any atom is -0.497 e. The molecule has 110 valence electrons. The summed E-state index contributed by atoms with van der Waals surface area (Å²) in [7, 11) is 1.60. The lowest BCUT2D eigenvalue weighted by Crippen LogP contribution is -2.13. The van der Waals surface area contributed by atoms with E-state index in [1.807, 2.05) is 24.3 Å². The zero-order valence-electron chi connectivity index (χ0n) is 12.3. The maximum atomic E-state index is 12.1. The Morgan fingerprint density at radius 2 is 1.71 bits per heavy atom. The van der Waals surface area contributed by atoms with Crippen LogP contribution in [0.2, 0.25) is 0 Å². The summed E-state index contributed by atoms with van der Waals surface area (Å²) in [5.41, 5.74) is 2.59. The maximum Gasteiger partial charge on any atom is 0.255 e. The van der Waals surface area contributed by atoms with Crippen LogP contribution in [0.1, 0.15) is 22.8 Å². The van der Waals surface area contributed by atoms with Gasteiger partial charge in [-0.05, 0) is 48.5 Å². The molecule has 0 aliphatic carbocycles. The molecule has 0 aliphatic heterocycles. The fourth-order valence-electron chi connectivity index (χ4n) is 1.92. The molecule has 0 bridgehead atoms. The van der Waals surface area contributed by atoms with Crippen molar-refractivity contribution in [2.24, 2.45) is 0 Å². The Morgan fingerprint density at radius 3 is 2.29 bits per heavy atom. The SMILES string of the molecule is CCNCc1ccc(NC(=O)c2ccc(OC)cc2)cc1. The smallest absolute Gasteiger partial charge is 0.255 e. The number of hydrogen-bond acceptors (Lipinski definition) is 3. The maximum absolute atomic E-state index is 12.1. The Balaban J connectivity index is 1.98. The number of benzene rings is 2. The highest BCUT2D eigenvalue weighted by Gasteiger charge is 2.06. The Morgan fingerprint density at radius 1 is 1.05 bits per heavy atom. The third kappa shape index (κ3) is 4.33. The van der Waals surface area contributed by atoms with E-state index in [9.17, 15) is 4.79 Å². The van der Waals surface area contributed by atoms with E-state index in [1.165, 1.54) is 5.56 Å². The van der Waals surface area contributed by atoms with E-state index < -0.39 is 0 Å². The molecule has 0 fully saturated rings. The summed E-state index contributed by atoms with van der Waals surface area (Å²) in [4.78, 5) is 12.1. The lowest BCUT2D eigenvalue weighted by molar-refractivity contribution is 0.102. The molecule has 21 heavy (non-hydrogen) atoms. The van der Waals surface area contributed by atoms with E-state index in [-0.39, 0.29) is 5.91 Å². The van der Waals surface area contributed by atoms with E-state index in [4.69, 9.17) is 4.74 Å². The standard InChI is InChI=1S/C17H20N2O2/c1-3-18-12-13-4-8-15(9-5-13)19-17(20)14-6-10-16(21-2)11-7-14/h4-11,18H,3,12H2,1-2H3,(H,19,20). The van der Waals surface area contributed by atoms with Crippen molar-refractivity contribution in [2.45, 2.75) is 13.5 Å². The molecule has 0 saturated heterocycles. The fraction of sp³-hybridized carbons (Fsp3) is 0.235. The predicted molar refractivity (Wildman–Crippen MR) is 84.8 cm³/mol. The fourth-order valence-corrected chi connectivity index (χ4v) is 1.92. The molecule has 0 spiro atoms. The van der Waals surface area contributed by atoms with Crippen molar-refractivity contribution in [3.05, 3.63) is 59.7 Å². The summed E-state index contributed by atoms with van der Waals surface area (Å²) in [6.45, 7) is 3.85. The van der Waals surface area contributed by atoms with Crippen molar-refractivity contribution in [3.63, 3.8) is 0 Å². The largest absolute Gasteiger partial charge is 0.497 e. The van der Waals surface area contributed by atoms with Crippen molar-refractivity contribution in [2.75, 3.05) is 19.0 Å². The van der Waals surface area contributed by atoms with Gasteiger partial charge in [0.25, 0.3) is 5.91 Å². The molecule has 2 aromatic rings. The summed E-state index contributed by atoms with van der Waals surface area (Å²) in [5, 5.41) is 6.14. The van der Waals surface area contributed by atoms with Gasteiger partial charge >= 0.3 is 0 Å². The molecule has 4 heteroatoms. The first-order valence-electron chi connectivity index (χ1n) is 6.98. The van der Waals surface area contributed by atoms with E-state index in [0.29, 0.717) is 5.56 Å². The van der Waals surface area contributed by atoms with Gasteiger partial charge in [-0.1, -0.05) is 19.1 Å². The van der Waals surface area contributed by atoms with Crippen LogP contribution in [0, 0.1) is 0 Å². The van der Waals surface area contributed by atoms with Crippen molar-refractivity contribution in [3.8, 4) is 5.75 Å².